The summed E-state index contributed by atoms with van der Waals surface area (Å²) in [5.41, 5.74) is 0.486. The first-order chi connectivity index (χ1) is 10.0. The third-order valence-corrected chi connectivity index (χ3v) is 3.34. The number of nitrogens with zero attached hydrogens (tertiary/aromatic N) is 1. The SMILES string of the molecule is CC(OC(=O)c1cccc([N+](=O)[O-])c1Cl)c1ccccc1. The van der Waals surface area contributed by atoms with Crippen LogP contribution in [0.4, 0.5) is 5.69 Å². The molecule has 2 aromatic carbocycles. The molecule has 5 nitrogen and oxygen atoms in total. The van der Waals surface area contributed by atoms with Gasteiger partial charge in [-0.05, 0) is 18.6 Å². The van der Waals surface area contributed by atoms with Crippen molar-refractivity contribution in [3.8, 4) is 0 Å². The minimum absolute atomic E-state index is 0.0198. The predicted molar refractivity (Wildman–Crippen MR) is 78.4 cm³/mol. The number of halogens is 1. The normalized spacial score (nSPS) is 11.7. The van der Waals surface area contributed by atoms with Crippen molar-refractivity contribution in [2.24, 2.45) is 0 Å². The van der Waals surface area contributed by atoms with Crippen molar-refractivity contribution in [3.05, 3.63) is 74.8 Å². The summed E-state index contributed by atoms with van der Waals surface area (Å²) in [4.78, 5) is 22.3. The molecule has 2 aromatic rings. The Balaban J connectivity index is 2.22. The molecule has 21 heavy (non-hydrogen) atoms. The molecule has 108 valence electrons. The minimum atomic E-state index is -0.694. The molecule has 0 radical (unpaired) electrons. The van der Waals surface area contributed by atoms with E-state index in [-0.39, 0.29) is 16.3 Å². The molecule has 0 amide bonds. The van der Waals surface area contributed by atoms with Gasteiger partial charge >= 0.3 is 5.97 Å². The fourth-order valence-electron chi connectivity index (χ4n) is 1.83. The van der Waals surface area contributed by atoms with E-state index < -0.39 is 17.0 Å². The van der Waals surface area contributed by atoms with Crippen molar-refractivity contribution in [3.63, 3.8) is 0 Å². The topological polar surface area (TPSA) is 69.4 Å². The Kier molecular flexibility index (Phi) is 4.55. The lowest BCUT2D eigenvalue weighted by Crippen LogP contribution is -2.10. The van der Waals surface area contributed by atoms with E-state index in [9.17, 15) is 14.9 Å². The molecule has 0 aliphatic rings. The highest BCUT2D eigenvalue weighted by Crippen LogP contribution is 2.29. The highest BCUT2D eigenvalue weighted by atomic mass is 35.5. The van der Waals surface area contributed by atoms with Gasteiger partial charge < -0.3 is 4.74 Å². The first-order valence-corrected chi connectivity index (χ1v) is 6.57. The Morgan fingerprint density at radius 2 is 1.86 bits per heavy atom. The largest absolute Gasteiger partial charge is 0.454 e. The molecule has 0 spiro atoms. The number of nitro groups is 1. The Bertz CT molecular complexity index is 673. The van der Waals surface area contributed by atoms with Gasteiger partial charge in [0.15, 0.2) is 0 Å². The average molecular weight is 306 g/mol. The molecule has 0 aromatic heterocycles. The molecule has 0 heterocycles. The highest BCUT2D eigenvalue weighted by Gasteiger charge is 2.22. The summed E-state index contributed by atoms with van der Waals surface area (Å²) in [7, 11) is 0. The number of hydrogen-bond donors (Lipinski definition) is 0. The number of esters is 1. The molecule has 0 aliphatic carbocycles. The van der Waals surface area contributed by atoms with Gasteiger partial charge in [-0.25, -0.2) is 4.79 Å². The van der Waals surface area contributed by atoms with E-state index in [0.29, 0.717) is 0 Å². The van der Waals surface area contributed by atoms with Gasteiger partial charge in [-0.2, -0.15) is 0 Å². The lowest BCUT2D eigenvalue weighted by atomic mass is 10.1. The van der Waals surface area contributed by atoms with Crippen LogP contribution in [0.2, 0.25) is 5.02 Å². The first-order valence-electron chi connectivity index (χ1n) is 6.19. The Hall–Kier alpha value is -2.40. The van der Waals surface area contributed by atoms with E-state index in [2.05, 4.69) is 0 Å². The summed E-state index contributed by atoms with van der Waals surface area (Å²) in [5.74, 6) is -0.694. The molecule has 6 heteroatoms. The van der Waals surface area contributed by atoms with Gasteiger partial charge in [-0.15, -0.1) is 0 Å². The van der Waals surface area contributed by atoms with Crippen LogP contribution in [0.1, 0.15) is 28.9 Å². The predicted octanol–water partition coefficient (Wildman–Crippen LogP) is 4.17. The number of ether oxygens (including phenoxy) is 1. The standard InChI is InChI=1S/C15H12ClNO4/c1-10(11-6-3-2-4-7-11)21-15(18)12-8-5-9-13(14(12)16)17(19)20/h2-10H,1H3. The van der Waals surface area contributed by atoms with Crippen LogP contribution in [0.3, 0.4) is 0 Å². The van der Waals surface area contributed by atoms with E-state index in [1.165, 1.54) is 18.2 Å². The number of benzene rings is 2. The quantitative estimate of drug-likeness (QED) is 0.483. The second kappa shape index (κ2) is 6.37. The average Bonchev–Trinajstić information content (AvgIpc) is 2.47. The number of rotatable bonds is 4. The van der Waals surface area contributed by atoms with Gasteiger partial charge in [-0.1, -0.05) is 48.0 Å². The molecule has 0 bridgehead atoms. The third kappa shape index (κ3) is 3.38. The second-order valence-electron chi connectivity index (χ2n) is 4.35. The molecular weight excluding hydrogens is 294 g/mol. The minimum Gasteiger partial charge on any atom is -0.454 e. The van der Waals surface area contributed by atoms with E-state index in [0.717, 1.165) is 5.56 Å². The molecule has 0 aliphatic heterocycles. The maximum absolute atomic E-state index is 12.1. The zero-order valence-corrected chi connectivity index (χ0v) is 11.9. The fourth-order valence-corrected chi connectivity index (χ4v) is 2.11. The van der Waals surface area contributed by atoms with Crippen molar-refractivity contribution < 1.29 is 14.5 Å². The molecule has 1 unspecified atom stereocenters. The summed E-state index contributed by atoms with van der Waals surface area (Å²) >= 11 is 5.89. The van der Waals surface area contributed by atoms with Gasteiger partial charge in [0, 0.05) is 6.07 Å². The zero-order valence-electron chi connectivity index (χ0n) is 11.2. The van der Waals surface area contributed by atoms with Crippen molar-refractivity contribution in [2.75, 3.05) is 0 Å². The van der Waals surface area contributed by atoms with E-state index >= 15 is 0 Å². The van der Waals surface area contributed by atoms with Crippen LogP contribution >= 0.6 is 11.6 Å². The first kappa shape index (κ1) is 15.0. The van der Waals surface area contributed by atoms with Crippen LogP contribution in [0.5, 0.6) is 0 Å². The summed E-state index contributed by atoms with van der Waals surface area (Å²) in [6, 6.07) is 13.2. The van der Waals surface area contributed by atoms with Crippen LogP contribution < -0.4 is 0 Å². The number of carbonyl (C=O) groups is 1. The smallest absolute Gasteiger partial charge is 0.340 e. The summed E-state index contributed by atoms with van der Waals surface area (Å²) in [6.07, 6.45) is -0.478. The van der Waals surface area contributed by atoms with Crippen molar-refractivity contribution in [1.82, 2.24) is 0 Å². The lowest BCUT2D eigenvalue weighted by Gasteiger charge is -2.14. The molecule has 0 fully saturated rings. The van der Waals surface area contributed by atoms with Gasteiger partial charge in [0.25, 0.3) is 5.69 Å². The molecule has 1 atom stereocenters. The lowest BCUT2D eigenvalue weighted by molar-refractivity contribution is -0.384. The van der Waals surface area contributed by atoms with Crippen molar-refractivity contribution in [1.29, 1.82) is 0 Å². The maximum Gasteiger partial charge on any atom is 0.340 e. The summed E-state index contributed by atoms with van der Waals surface area (Å²) in [6.45, 7) is 1.72. The zero-order chi connectivity index (χ0) is 15.4. The molecule has 2 rings (SSSR count). The van der Waals surface area contributed by atoms with Crippen LogP contribution in [-0.2, 0) is 4.74 Å². The number of hydrogen-bond acceptors (Lipinski definition) is 4. The monoisotopic (exact) mass is 305 g/mol. The summed E-state index contributed by atoms with van der Waals surface area (Å²) in [5, 5.41) is 10.6. The molecule has 0 N–H and O–H groups in total. The molecular formula is C15H12ClNO4. The Morgan fingerprint density at radius 3 is 2.48 bits per heavy atom. The van der Waals surface area contributed by atoms with Crippen molar-refractivity contribution in [2.45, 2.75) is 13.0 Å². The van der Waals surface area contributed by atoms with Crippen LogP contribution in [0.25, 0.3) is 0 Å². The van der Waals surface area contributed by atoms with Gasteiger partial charge in [-0.3, -0.25) is 10.1 Å². The fraction of sp³-hybridized carbons (Fsp3) is 0.133. The van der Waals surface area contributed by atoms with Crippen molar-refractivity contribution >= 4 is 23.3 Å². The third-order valence-electron chi connectivity index (χ3n) is 2.95. The molecule has 0 saturated heterocycles. The van der Waals surface area contributed by atoms with Gasteiger partial charge in [0.2, 0.25) is 0 Å². The molecule has 0 saturated carbocycles. The highest BCUT2D eigenvalue weighted by molar-refractivity contribution is 6.35. The summed E-state index contributed by atoms with van der Waals surface area (Å²) < 4.78 is 5.29. The van der Waals surface area contributed by atoms with Crippen LogP contribution in [-0.4, -0.2) is 10.9 Å². The van der Waals surface area contributed by atoms with E-state index in [1.807, 2.05) is 30.3 Å². The Labute approximate surface area is 126 Å². The van der Waals surface area contributed by atoms with Gasteiger partial charge in [0.1, 0.15) is 11.1 Å². The number of carbonyl (C=O) groups excluding carboxylic acids is 1. The van der Waals surface area contributed by atoms with E-state index in [1.54, 1.807) is 6.92 Å². The maximum atomic E-state index is 12.1. The Morgan fingerprint density at radius 1 is 1.19 bits per heavy atom. The van der Waals surface area contributed by atoms with E-state index in [4.69, 9.17) is 16.3 Å². The van der Waals surface area contributed by atoms with Crippen LogP contribution in [0, 0.1) is 10.1 Å². The second-order valence-corrected chi connectivity index (χ2v) is 4.73. The van der Waals surface area contributed by atoms with Gasteiger partial charge in [0.05, 0.1) is 10.5 Å². The van der Waals surface area contributed by atoms with Crippen LogP contribution in [0.15, 0.2) is 48.5 Å². The number of nitro benzene ring substituents is 1.